The molecule has 0 saturated carbocycles. The van der Waals surface area contributed by atoms with Crippen LogP contribution in [0.5, 0.6) is 0 Å². The number of aryl methyl sites for hydroxylation is 2. The van der Waals surface area contributed by atoms with Crippen LogP contribution >= 0.6 is 7.37 Å². The number of rotatable bonds is 5. The van der Waals surface area contributed by atoms with Crippen LogP contribution in [0.4, 0.5) is 0 Å². The van der Waals surface area contributed by atoms with Crippen molar-refractivity contribution in [3.8, 4) is 0 Å². The first-order valence-electron chi connectivity index (χ1n) is 10.8. The molecule has 0 aliphatic carbocycles. The van der Waals surface area contributed by atoms with Gasteiger partial charge in [-0.1, -0.05) is 36.4 Å². The summed E-state index contributed by atoms with van der Waals surface area (Å²) >= 11 is 0. The normalized spacial score (nSPS) is 10.3. The molecule has 0 atom stereocenters. The Morgan fingerprint density at radius 3 is 1.73 bits per heavy atom. The first kappa shape index (κ1) is 29.0. The van der Waals surface area contributed by atoms with Crippen LogP contribution in [0.1, 0.15) is 32.1 Å². The maximum Gasteiger partial charge on any atom is 0.358 e. The first-order chi connectivity index (χ1) is 17.7. The molecule has 13 heteroatoms. The second kappa shape index (κ2) is 13.7. The van der Waals surface area contributed by atoms with Crippen molar-refractivity contribution < 1.29 is 28.3 Å². The number of hydrogen-bond acceptors (Lipinski definition) is 10. The lowest BCUT2D eigenvalue weighted by Crippen LogP contribution is -2.20. The van der Waals surface area contributed by atoms with E-state index in [0.717, 1.165) is 10.4 Å². The Bertz CT molecular complexity index is 1280. The molecule has 5 N–H and O–H groups in total. The molecule has 0 radical (unpaired) electrons. The third-order valence-electron chi connectivity index (χ3n) is 4.92. The number of ether oxygens (including phenoxy) is 2. The van der Waals surface area contributed by atoms with Crippen LogP contribution in [-0.4, -0.2) is 46.2 Å². The number of nitrogens with two attached hydrogens (primary N) is 2. The second-order valence-electron chi connectivity index (χ2n) is 7.36. The van der Waals surface area contributed by atoms with Crippen molar-refractivity contribution in [2.45, 2.75) is 13.8 Å². The molecule has 2 aromatic heterocycles. The van der Waals surface area contributed by atoms with Gasteiger partial charge in [0.05, 0.1) is 26.6 Å². The van der Waals surface area contributed by atoms with E-state index in [-0.39, 0.29) is 11.7 Å². The largest absolute Gasteiger partial charge is 0.464 e. The molecule has 4 rings (SSSR count). The highest BCUT2D eigenvalue weighted by Gasteiger charge is 2.27. The van der Waals surface area contributed by atoms with Gasteiger partial charge in [0.2, 0.25) is 0 Å². The molecule has 0 amide bonds. The number of hydrogen-bond donors (Lipinski definition) is 3. The van der Waals surface area contributed by atoms with E-state index >= 15 is 0 Å². The first-order valence-corrected chi connectivity index (χ1v) is 12.4. The van der Waals surface area contributed by atoms with Gasteiger partial charge in [-0.15, -0.1) is 0 Å². The van der Waals surface area contributed by atoms with E-state index in [0.29, 0.717) is 21.9 Å². The molecule has 12 nitrogen and oxygen atoms in total. The molecule has 0 aliphatic rings. The zero-order valence-corrected chi connectivity index (χ0v) is 21.7. The molecule has 0 spiro atoms. The van der Waals surface area contributed by atoms with E-state index in [1.165, 1.54) is 20.4 Å². The summed E-state index contributed by atoms with van der Waals surface area (Å²) in [6.45, 7) is 3.53. The molecule has 0 unspecified atom stereocenters. The van der Waals surface area contributed by atoms with Gasteiger partial charge in [0.15, 0.2) is 5.69 Å². The van der Waals surface area contributed by atoms with Gasteiger partial charge in [-0.25, -0.2) is 20.1 Å². The lowest BCUT2D eigenvalue weighted by atomic mass is 10.3. The molecule has 0 saturated heterocycles. The fourth-order valence-electron chi connectivity index (χ4n) is 2.97. The molecule has 196 valence electrons. The number of methoxy groups -OCH3 is 2. The maximum absolute atomic E-state index is 12.6. The second-order valence-corrected chi connectivity index (χ2v) is 9.71. The van der Waals surface area contributed by atoms with Gasteiger partial charge in [0.1, 0.15) is 5.69 Å². The number of H-pyrrole nitrogens is 1. The van der Waals surface area contributed by atoms with Crippen LogP contribution in [0, 0.1) is 13.8 Å². The maximum atomic E-state index is 12.6. The minimum Gasteiger partial charge on any atom is -0.464 e. The number of esters is 2. The standard InChI is InChI=1S/C12H12NO2P.C6H9N3O2.C6H8N2O2/c13-15-16(14,11-7-3-1-4-8-11)12-9-5-2-6-10-12;1-4-3-8-9(7)5(4)6(10)11-2;1-4-3-7-8-5(4)6(9)10-2/h1-10H,13H2;3H,7H2,1-2H3;3H,1-2H3,(H,7,8). The molecular formula is C24H29N6O6P. The van der Waals surface area contributed by atoms with Gasteiger partial charge in [-0.3, -0.25) is 9.66 Å². The van der Waals surface area contributed by atoms with Crippen molar-refractivity contribution in [3.63, 3.8) is 0 Å². The Morgan fingerprint density at radius 2 is 1.38 bits per heavy atom. The van der Waals surface area contributed by atoms with Crippen molar-refractivity contribution in [2.75, 3.05) is 20.1 Å². The SMILES string of the molecule is COC(=O)c1[nH]ncc1C.COC(=O)c1c(C)cnn1N.NOP(=O)(c1ccccc1)c1ccccc1. The smallest absolute Gasteiger partial charge is 0.358 e. The quantitative estimate of drug-likeness (QED) is 0.150. The van der Waals surface area contributed by atoms with E-state index in [1.807, 2.05) is 36.4 Å². The molecule has 0 aliphatic heterocycles. The third kappa shape index (κ3) is 7.37. The van der Waals surface area contributed by atoms with Crippen molar-refractivity contribution in [1.82, 2.24) is 20.1 Å². The Kier molecular flexibility index (Phi) is 10.8. The van der Waals surface area contributed by atoms with Gasteiger partial charge in [-0.05, 0) is 38.1 Å². The van der Waals surface area contributed by atoms with Crippen LogP contribution in [0.3, 0.4) is 0 Å². The average Bonchev–Trinajstić information content (AvgIpc) is 3.53. The molecule has 37 heavy (non-hydrogen) atoms. The fraction of sp³-hybridized carbons (Fsp3) is 0.167. The lowest BCUT2D eigenvalue weighted by molar-refractivity contribution is 0.0581. The summed E-state index contributed by atoms with van der Waals surface area (Å²) in [5.41, 5.74) is 2.21. The van der Waals surface area contributed by atoms with E-state index < -0.39 is 13.3 Å². The highest BCUT2D eigenvalue weighted by atomic mass is 31.2. The highest BCUT2D eigenvalue weighted by Crippen LogP contribution is 2.42. The van der Waals surface area contributed by atoms with Crippen molar-refractivity contribution in [1.29, 1.82) is 0 Å². The summed E-state index contributed by atoms with van der Waals surface area (Å²) in [6, 6.07) is 18.0. The Hall–Kier alpha value is -4.25. The predicted octanol–water partition coefficient (Wildman–Crippen LogP) is 2.00. The summed E-state index contributed by atoms with van der Waals surface area (Å²) < 4.78 is 26.3. The molecular weight excluding hydrogens is 499 g/mol. The summed E-state index contributed by atoms with van der Waals surface area (Å²) in [7, 11) is -0.491. The zero-order valence-electron chi connectivity index (χ0n) is 20.8. The Morgan fingerprint density at radius 1 is 0.865 bits per heavy atom. The van der Waals surface area contributed by atoms with Gasteiger partial charge in [0.25, 0.3) is 7.37 Å². The zero-order chi connectivity index (χ0) is 27.4. The average molecular weight is 529 g/mol. The number of nitrogen functional groups attached to an aromatic ring is 1. The molecule has 2 aromatic carbocycles. The Balaban J connectivity index is 0.000000203. The minimum absolute atomic E-state index is 0.285. The minimum atomic E-state index is -3.13. The number of carbonyl (C=O) groups excluding carboxylic acids is 2. The van der Waals surface area contributed by atoms with Crippen molar-refractivity contribution in [2.24, 2.45) is 5.90 Å². The number of carbonyl (C=O) groups is 2. The fourth-order valence-corrected chi connectivity index (χ4v) is 4.64. The molecule has 2 heterocycles. The third-order valence-corrected chi connectivity index (χ3v) is 7.17. The Labute approximate surface area is 213 Å². The summed E-state index contributed by atoms with van der Waals surface area (Å²) in [4.78, 5) is 22.8. The van der Waals surface area contributed by atoms with Crippen LogP contribution in [0.15, 0.2) is 73.1 Å². The highest BCUT2D eigenvalue weighted by molar-refractivity contribution is 7.74. The van der Waals surface area contributed by atoms with Crippen LogP contribution in [0.2, 0.25) is 0 Å². The van der Waals surface area contributed by atoms with E-state index in [4.69, 9.17) is 16.4 Å². The molecule has 0 bridgehead atoms. The van der Waals surface area contributed by atoms with Gasteiger partial charge < -0.3 is 15.3 Å². The van der Waals surface area contributed by atoms with Gasteiger partial charge in [-0.2, -0.15) is 15.0 Å². The molecule has 4 aromatic rings. The van der Waals surface area contributed by atoms with Crippen LogP contribution in [-0.2, 0) is 18.7 Å². The van der Waals surface area contributed by atoms with Crippen molar-refractivity contribution in [3.05, 3.63) is 95.6 Å². The van der Waals surface area contributed by atoms with Crippen molar-refractivity contribution >= 4 is 29.9 Å². The molecule has 0 fully saturated rings. The lowest BCUT2D eigenvalue weighted by Gasteiger charge is -2.15. The number of benzene rings is 2. The monoisotopic (exact) mass is 528 g/mol. The topological polar surface area (TPSA) is 177 Å². The number of aromatic amines is 1. The van der Waals surface area contributed by atoms with Crippen LogP contribution < -0.4 is 22.3 Å². The summed E-state index contributed by atoms with van der Waals surface area (Å²) in [5, 5.41) is 11.1. The van der Waals surface area contributed by atoms with E-state index in [9.17, 15) is 14.2 Å². The summed E-state index contributed by atoms with van der Waals surface area (Å²) in [6.07, 6.45) is 3.08. The summed E-state index contributed by atoms with van der Waals surface area (Å²) in [5.74, 6) is 9.68. The van der Waals surface area contributed by atoms with E-state index in [1.54, 1.807) is 44.3 Å². The number of nitrogens with one attached hydrogen (secondary N) is 1. The van der Waals surface area contributed by atoms with Gasteiger partial charge >= 0.3 is 11.9 Å². The van der Waals surface area contributed by atoms with Crippen LogP contribution in [0.25, 0.3) is 0 Å². The number of aromatic nitrogens is 4. The van der Waals surface area contributed by atoms with E-state index in [2.05, 4.69) is 24.8 Å². The predicted molar refractivity (Wildman–Crippen MR) is 138 cm³/mol. The van der Waals surface area contributed by atoms with Gasteiger partial charge in [0, 0.05) is 21.7 Å². The number of nitrogens with zero attached hydrogens (tertiary/aromatic N) is 3.